The molecular formula is C17H24N4O2. The number of para-hydroxylation sites is 1. The Bertz CT molecular complexity index is 640. The molecule has 0 aliphatic carbocycles. The molecule has 1 heterocycles. The van der Waals surface area contributed by atoms with E-state index < -0.39 is 0 Å². The minimum atomic E-state index is -0.0280. The highest BCUT2D eigenvalue weighted by Crippen LogP contribution is 2.20. The van der Waals surface area contributed by atoms with Crippen molar-refractivity contribution in [3.8, 4) is 0 Å². The normalized spacial score (nSPS) is 11.0. The molecule has 0 saturated heterocycles. The number of benzene rings is 1. The highest BCUT2D eigenvalue weighted by atomic mass is 16.5. The van der Waals surface area contributed by atoms with Gasteiger partial charge in [0.1, 0.15) is 12.1 Å². The molecule has 1 N–H and O–H groups in total. The Balaban J connectivity index is 1.86. The van der Waals surface area contributed by atoms with Gasteiger partial charge in [-0.3, -0.25) is 4.79 Å². The van der Waals surface area contributed by atoms with Crippen molar-refractivity contribution in [1.82, 2.24) is 15.3 Å². The van der Waals surface area contributed by atoms with E-state index in [0.717, 1.165) is 23.1 Å². The lowest BCUT2D eigenvalue weighted by molar-refractivity contribution is -0.119. The van der Waals surface area contributed by atoms with Crippen molar-refractivity contribution >= 4 is 22.6 Å². The number of likely N-dealkylation sites (N-methyl/N-ethyl adjacent to an activating group) is 1. The Labute approximate surface area is 136 Å². The number of anilines is 1. The first-order chi connectivity index (χ1) is 11.1. The number of carbonyl (C=O) groups is 1. The van der Waals surface area contributed by atoms with Gasteiger partial charge in [-0.2, -0.15) is 0 Å². The second-order valence-corrected chi connectivity index (χ2v) is 5.69. The van der Waals surface area contributed by atoms with Gasteiger partial charge in [0.15, 0.2) is 0 Å². The molecule has 0 saturated carbocycles. The van der Waals surface area contributed by atoms with Crippen molar-refractivity contribution in [1.29, 1.82) is 0 Å². The van der Waals surface area contributed by atoms with Gasteiger partial charge >= 0.3 is 0 Å². The molecule has 1 aromatic carbocycles. The quantitative estimate of drug-likeness (QED) is 0.755. The first-order valence-electron chi connectivity index (χ1n) is 7.87. The van der Waals surface area contributed by atoms with E-state index in [-0.39, 0.29) is 18.6 Å². The topological polar surface area (TPSA) is 67.3 Å². The van der Waals surface area contributed by atoms with Gasteiger partial charge in [0.25, 0.3) is 0 Å². The van der Waals surface area contributed by atoms with Crippen LogP contribution in [0.2, 0.25) is 0 Å². The fraction of sp³-hybridized carbons (Fsp3) is 0.471. The standard InChI is InChI=1S/C17H24N4O2/c1-13(2)23-10-6-9-18-16(22)11-21(3)17-14-7-4-5-8-15(14)19-12-20-17/h4-5,7-8,12-13H,6,9-11H2,1-3H3,(H,18,22). The second kappa shape index (κ2) is 8.43. The molecule has 0 aliphatic heterocycles. The van der Waals surface area contributed by atoms with Crippen LogP contribution in [0.5, 0.6) is 0 Å². The van der Waals surface area contributed by atoms with Crippen LogP contribution in [0.15, 0.2) is 30.6 Å². The zero-order valence-corrected chi connectivity index (χ0v) is 14.0. The summed E-state index contributed by atoms with van der Waals surface area (Å²) in [5.74, 6) is 0.730. The number of hydrogen-bond acceptors (Lipinski definition) is 5. The maximum atomic E-state index is 12.0. The van der Waals surface area contributed by atoms with E-state index in [1.165, 1.54) is 6.33 Å². The van der Waals surface area contributed by atoms with Crippen molar-refractivity contribution in [3.63, 3.8) is 0 Å². The number of carbonyl (C=O) groups excluding carboxylic acids is 1. The largest absolute Gasteiger partial charge is 0.379 e. The van der Waals surface area contributed by atoms with Gasteiger partial charge in [0, 0.05) is 25.6 Å². The summed E-state index contributed by atoms with van der Waals surface area (Å²) in [6, 6.07) is 7.77. The van der Waals surface area contributed by atoms with Crippen molar-refractivity contribution in [3.05, 3.63) is 30.6 Å². The van der Waals surface area contributed by atoms with Gasteiger partial charge in [-0.15, -0.1) is 0 Å². The van der Waals surface area contributed by atoms with Gasteiger partial charge in [0.05, 0.1) is 18.2 Å². The van der Waals surface area contributed by atoms with Gasteiger partial charge < -0.3 is 15.0 Å². The van der Waals surface area contributed by atoms with Crippen LogP contribution in [-0.4, -0.2) is 48.7 Å². The molecule has 0 fully saturated rings. The van der Waals surface area contributed by atoms with Crippen LogP contribution in [0.4, 0.5) is 5.82 Å². The second-order valence-electron chi connectivity index (χ2n) is 5.69. The molecule has 0 aliphatic rings. The fourth-order valence-electron chi connectivity index (χ4n) is 2.26. The number of fused-ring (bicyclic) bond motifs is 1. The van der Waals surface area contributed by atoms with Crippen molar-refractivity contribution in [2.24, 2.45) is 0 Å². The predicted octanol–water partition coefficient (Wildman–Crippen LogP) is 2.00. The van der Waals surface area contributed by atoms with Crippen LogP contribution < -0.4 is 10.2 Å². The van der Waals surface area contributed by atoms with Gasteiger partial charge in [-0.05, 0) is 32.4 Å². The van der Waals surface area contributed by atoms with Crippen LogP contribution in [0.25, 0.3) is 10.9 Å². The summed E-state index contributed by atoms with van der Waals surface area (Å²) in [7, 11) is 1.86. The third-order valence-electron chi connectivity index (χ3n) is 3.36. The molecule has 124 valence electrons. The number of aromatic nitrogens is 2. The summed E-state index contributed by atoms with van der Waals surface area (Å²) in [5.41, 5.74) is 0.871. The number of hydrogen-bond donors (Lipinski definition) is 1. The third-order valence-corrected chi connectivity index (χ3v) is 3.36. The third kappa shape index (κ3) is 5.17. The Kier molecular flexibility index (Phi) is 6.29. The lowest BCUT2D eigenvalue weighted by Crippen LogP contribution is -2.36. The van der Waals surface area contributed by atoms with E-state index in [1.807, 2.05) is 50.1 Å². The minimum Gasteiger partial charge on any atom is -0.379 e. The van der Waals surface area contributed by atoms with E-state index in [9.17, 15) is 4.79 Å². The Morgan fingerprint density at radius 2 is 2.09 bits per heavy atom. The van der Waals surface area contributed by atoms with E-state index in [1.54, 1.807) is 0 Å². The molecule has 0 bridgehead atoms. The summed E-state index contributed by atoms with van der Waals surface area (Å²) in [6.45, 7) is 5.53. The Morgan fingerprint density at radius 3 is 2.87 bits per heavy atom. The van der Waals surface area contributed by atoms with Gasteiger partial charge in [-0.1, -0.05) is 12.1 Å². The van der Waals surface area contributed by atoms with Crippen LogP contribution in [0, 0.1) is 0 Å². The predicted molar refractivity (Wildman–Crippen MR) is 91.5 cm³/mol. The van der Waals surface area contributed by atoms with E-state index in [2.05, 4.69) is 15.3 Å². The zero-order chi connectivity index (χ0) is 16.7. The molecule has 6 nitrogen and oxygen atoms in total. The molecule has 23 heavy (non-hydrogen) atoms. The molecule has 6 heteroatoms. The van der Waals surface area contributed by atoms with E-state index in [0.29, 0.717) is 13.2 Å². The monoisotopic (exact) mass is 316 g/mol. The average Bonchev–Trinajstić information content (AvgIpc) is 2.53. The number of rotatable bonds is 8. The molecule has 2 rings (SSSR count). The number of nitrogens with zero attached hydrogens (tertiary/aromatic N) is 3. The smallest absolute Gasteiger partial charge is 0.239 e. The maximum Gasteiger partial charge on any atom is 0.239 e. The lowest BCUT2D eigenvalue weighted by atomic mass is 10.2. The van der Waals surface area contributed by atoms with E-state index in [4.69, 9.17) is 4.74 Å². The minimum absolute atomic E-state index is 0.0280. The molecule has 0 radical (unpaired) electrons. The van der Waals surface area contributed by atoms with Crippen LogP contribution in [0.1, 0.15) is 20.3 Å². The van der Waals surface area contributed by atoms with Crippen molar-refractivity contribution < 1.29 is 9.53 Å². The molecule has 0 unspecified atom stereocenters. The number of nitrogens with one attached hydrogen (secondary N) is 1. The molecule has 1 amide bonds. The van der Waals surface area contributed by atoms with E-state index >= 15 is 0 Å². The van der Waals surface area contributed by atoms with Crippen molar-refractivity contribution in [2.75, 3.05) is 31.6 Å². The summed E-state index contributed by atoms with van der Waals surface area (Å²) < 4.78 is 5.44. The highest BCUT2D eigenvalue weighted by Gasteiger charge is 2.11. The zero-order valence-electron chi connectivity index (χ0n) is 14.0. The molecule has 0 spiro atoms. The van der Waals surface area contributed by atoms with Crippen LogP contribution in [0.3, 0.4) is 0 Å². The lowest BCUT2D eigenvalue weighted by Gasteiger charge is -2.19. The molecule has 0 atom stereocenters. The molecule has 2 aromatic rings. The first-order valence-corrected chi connectivity index (χ1v) is 7.87. The summed E-state index contributed by atoms with van der Waals surface area (Å²) >= 11 is 0. The van der Waals surface area contributed by atoms with Crippen LogP contribution in [-0.2, 0) is 9.53 Å². The first kappa shape index (κ1) is 17.1. The van der Waals surface area contributed by atoms with Gasteiger partial charge in [0.2, 0.25) is 5.91 Å². The summed E-state index contributed by atoms with van der Waals surface area (Å²) in [6.07, 6.45) is 2.56. The summed E-state index contributed by atoms with van der Waals surface area (Å²) in [5, 5.41) is 3.84. The highest BCUT2D eigenvalue weighted by molar-refractivity contribution is 5.91. The van der Waals surface area contributed by atoms with Gasteiger partial charge in [-0.25, -0.2) is 9.97 Å². The van der Waals surface area contributed by atoms with Crippen molar-refractivity contribution in [2.45, 2.75) is 26.4 Å². The molecule has 1 aromatic heterocycles. The number of ether oxygens (including phenoxy) is 1. The average molecular weight is 316 g/mol. The molecular weight excluding hydrogens is 292 g/mol. The summed E-state index contributed by atoms with van der Waals surface area (Å²) in [4.78, 5) is 22.4. The SMILES string of the molecule is CC(C)OCCCNC(=O)CN(C)c1ncnc2ccccc12. The number of amides is 1. The van der Waals surface area contributed by atoms with Crippen LogP contribution >= 0.6 is 0 Å². The Hall–Kier alpha value is -2.21. The Morgan fingerprint density at radius 1 is 1.30 bits per heavy atom. The maximum absolute atomic E-state index is 12.0. The fourth-order valence-corrected chi connectivity index (χ4v) is 2.26.